The van der Waals surface area contributed by atoms with E-state index in [1.165, 1.54) is 11.8 Å². The van der Waals surface area contributed by atoms with E-state index in [0.717, 1.165) is 21.7 Å². The van der Waals surface area contributed by atoms with E-state index in [2.05, 4.69) is 15.6 Å². The summed E-state index contributed by atoms with van der Waals surface area (Å²) in [7, 11) is 0. The summed E-state index contributed by atoms with van der Waals surface area (Å²) in [5, 5.41) is 16.1. The van der Waals surface area contributed by atoms with Gasteiger partial charge in [-0.15, -0.1) is 11.3 Å². The number of β-amino-alcohol motifs (C(OH)–C–C–N with tert-alkyl or cyclic N) is 1. The molecule has 1 fully saturated rings. The summed E-state index contributed by atoms with van der Waals surface area (Å²) >= 11 is 1.55. The fraction of sp³-hybridized carbons (Fsp3) is 0.552. The standard InChI is InChI=1S/C29H40N4O5S/c1-16(2)24(36)13-22(19-8-10-20(11-9-19)25-17(3)30-15-39-25)32-27(37)23-12-21(35)14-33(23)28(38)26(29(5,6)7)31-18(4)34/h8-11,15-16,21-23,26,35H,12-14H2,1-7H3,(H,31,34)(H,32,37)/t21-,22+,23+,26-/m1/s1. The Balaban J connectivity index is 1.86. The molecule has 3 amide bonds. The molecule has 10 heteroatoms. The van der Waals surface area contributed by atoms with E-state index in [0.29, 0.717) is 0 Å². The third-order valence-electron chi connectivity index (χ3n) is 7.01. The van der Waals surface area contributed by atoms with Crippen LogP contribution in [0.1, 0.15) is 71.7 Å². The molecule has 0 radical (unpaired) electrons. The number of Topliss-reactive ketones (excluding diaryl/α,β-unsaturated/α-hetero) is 1. The maximum atomic E-state index is 13.6. The highest BCUT2D eigenvalue weighted by atomic mass is 32.1. The van der Waals surface area contributed by atoms with Gasteiger partial charge in [0.25, 0.3) is 0 Å². The number of aryl methyl sites for hydroxylation is 1. The van der Waals surface area contributed by atoms with Gasteiger partial charge in [0.2, 0.25) is 17.7 Å². The average molecular weight is 557 g/mol. The number of ketones is 1. The van der Waals surface area contributed by atoms with Crippen LogP contribution in [0.5, 0.6) is 0 Å². The molecule has 1 aromatic carbocycles. The lowest BCUT2D eigenvalue weighted by Gasteiger charge is -2.35. The number of carbonyl (C=O) groups excluding carboxylic acids is 4. The van der Waals surface area contributed by atoms with Crippen LogP contribution < -0.4 is 10.6 Å². The Morgan fingerprint density at radius 1 is 1.13 bits per heavy atom. The van der Waals surface area contributed by atoms with Gasteiger partial charge in [0.15, 0.2) is 0 Å². The number of hydrogen-bond acceptors (Lipinski definition) is 7. The molecule has 2 heterocycles. The average Bonchev–Trinajstić information content (AvgIpc) is 3.46. The largest absolute Gasteiger partial charge is 0.391 e. The van der Waals surface area contributed by atoms with E-state index in [9.17, 15) is 24.3 Å². The second-order valence-electron chi connectivity index (χ2n) is 11.7. The van der Waals surface area contributed by atoms with Crippen LogP contribution in [0.2, 0.25) is 0 Å². The van der Waals surface area contributed by atoms with E-state index < -0.39 is 41.5 Å². The van der Waals surface area contributed by atoms with Gasteiger partial charge in [0, 0.05) is 32.2 Å². The molecule has 2 aromatic rings. The number of benzene rings is 1. The Morgan fingerprint density at radius 2 is 1.77 bits per heavy atom. The van der Waals surface area contributed by atoms with Crippen LogP contribution in [0.4, 0.5) is 0 Å². The number of carbonyl (C=O) groups is 4. The summed E-state index contributed by atoms with van der Waals surface area (Å²) in [5.41, 5.74) is 3.89. The second kappa shape index (κ2) is 12.4. The molecule has 1 aromatic heterocycles. The Kier molecular flexibility index (Phi) is 9.66. The molecule has 212 valence electrons. The maximum absolute atomic E-state index is 13.6. The van der Waals surface area contributed by atoms with Crippen molar-refractivity contribution in [2.75, 3.05) is 6.54 Å². The van der Waals surface area contributed by atoms with Gasteiger partial charge in [-0.1, -0.05) is 58.9 Å². The zero-order chi connectivity index (χ0) is 29.1. The van der Waals surface area contributed by atoms with Crippen molar-refractivity contribution < 1.29 is 24.3 Å². The van der Waals surface area contributed by atoms with Crippen molar-refractivity contribution in [3.05, 3.63) is 41.0 Å². The van der Waals surface area contributed by atoms with Gasteiger partial charge >= 0.3 is 0 Å². The quantitative estimate of drug-likeness (QED) is 0.434. The van der Waals surface area contributed by atoms with Gasteiger partial charge in [0.05, 0.1) is 28.2 Å². The number of amides is 3. The van der Waals surface area contributed by atoms with E-state index >= 15 is 0 Å². The van der Waals surface area contributed by atoms with Gasteiger partial charge in [-0.2, -0.15) is 0 Å². The molecule has 1 aliphatic heterocycles. The lowest BCUT2D eigenvalue weighted by atomic mass is 9.85. The van der Waals surface area contributed by atoms with Crippen LogP contribution in [0.15, 0.2) is 29.8 Å². The summed E-state index contributed by atoms with van der Waals surface area (Å²) in [5.74, 6) is -1.43. The summed E-state index contributed by atoms with van der Waals surface area (Å²) in [6.07, 6.45) is -0.703. The highest BCUT2D eigenvalue weighted by Crippen LogP contribution is 2.30. The van der Waals surface area contributed by atoms with Gasteiger partial charge in [-0.25, -0.2) is 4.98 Å². The summed E-state index contributed by atoms with van der Waals surface area (Å²) in [4.78, 5) is 58.5. The van der Waals surface area contributed by atoms with E-state index in [-0.39, 0.29) is 37.0 Å². The first-order chi connectivity index (χ1) is 18.2. The second-order valence-corrected chi connectivity index (χ2v) is 12.5. The maximum Gasteiger partial charge on any atom is 0.246 e. The van der Waals surface area contributed by atoms with Crippen LogP contribution in [0.25, 0.3) is 10.4 Å². The Labute approximate surface area is 234 Å². The molecular formula is C29H40N4O5S. The van der Waals surface area contributed by atoms with Crippen molar-refractivity contribution in [3.8, 4) is 10.4 Å². The molecule has 0 spiro atoms. The molecule has 1 saturated heterocycles. The third kappa shape index (κ3) is 7.51. The highest BCUT2D eigenvalue weighted by Gasteiger charge is 2.44. The SMILES string of the molecule is CC(=O)N[C@H](C(=O)N1C[C@H](O)C[C@H]1C(=O)N[C@@H](CC(=O)C(C)C)c1ccc(-c2scnc2C)cc1)C(C)(C)C. The van der Waals surface area contributed by atoms with Crippen molar-refractivity contribution in [1.82, 2.24) is 20.5 Å². The third-order valence-corrected chi connectivity index (χ3v) is 7.99. The van der Waals surface area contributed by atoms with Crippen LogP contribution in [-0.4, -0.2) is 63.2 Å². The summed E-state index contributed by atoms with van der Waals surface area (Å²) in [6.45, 7) is 12.4. The van der Waals surface area contributed by atoms with Crippen molar-refractivity contribution in [3.63, 3.8) is 0 Å². The molecule has 0 bridgehead atoms. The van der Waals surface area contributed by atoms with Gasteiger partial charge in [-0.3, -0.25) is 19.2 Å². The number of aliphatic hydroxyl groups excluding tert-OH is 1. The molecule has 4 atom stereocenters. The summed E-state index contributed by atoms with van der Waals surface area (Å²) in [6, 6.07) is 5.29. The topological polar surface area (TPSA) is 129 Å². The molecule has 3 rings (SSSR count). The Morgan fingerprint density at radius 3 is 2.28 bits per heavy atom. The molecule has 0 aliphatic carbocycles. The summed E-state index contributed by atoms with van der Waals surface area (Å²) < 4.78 is 0. The minimum atomic E-state index is -0.929. The number of hydrogen-bond donors (Lipinski definition) is 3. The van der Waals surface area contributed by atoms with Crippen molar-refractivity contribution >= 4 is 34.8 Å². The van der Waals surface area contributed by atoms with Crippen molar-refractivity contribution in [1.29, 1.82) is 0 Å². The number of aliphatic hydroxyl groups is 1. The smallest absolute Gasteiger partial charge is 0.246 e. The minimum absolute atomic E-state index is 0.000483. The molecule has 9 nitrogen and oxygen atoms in total. The lowest BCUT2D eigenvalue weighted by molar-refractivity contribution is -0.144. The fourth-order valence-electron chi connectivity index (χ4n) is 4.73. The zero-order valence-electron chi connectivity index (χ0n) is 23.8. The molecule has 0 unspecified atom stereocenters. The predicted octanol–water partition coefficient (Wildman–Crippen LogP) is 3.40. The Bertz CT molecular complexity index is 1200. The minimum Gasteiger partial charge on any atom is -0.391 e. The lowest BCUT2D eigenvalue weighted by Crippen LogP contribution is -2.57. The molecule has 3 N–H and O–H groups in total. The first kappa shape index (κ1) is 30.4. The first-order valence-corrected chi connectivity index (χ1v) is 14.2. The van der Waals surface area contributed by atoms with Crippen LogP contribution >= 0.6 is 11.3 Å². The molecule has 39 heavy (non-hydrogen) atoms. The van der Waals surface area contributed by atoms with Crippen molar-refractivity contribution in [2.45, 2.75) is 85.5 Å². The molecule has 1 aliphatic rings. The van der Waals surface area contributed by atoms with E-state index in [1.54, 1.807) is 16.8 Å². The normalized spacial score (nSPS) is 19.1. The Hall–Kier alpha value is -3.11. The van der Waals surface area contributed by atoms with Crippen LogP contribution in [-0.2, 0) is 19.2 Å². The number of nitrogens with one attached hydrogen (secondary N) is 2. The highest BCUT2D eigenvalue weighted by molar-refractivity contribution is 7.13. The fourth-order valence-corrected chi connectivity index (χ4v) is 5.54. The zero-order valence-corrected chi connectivity index (χ0v) is 24.6. The van der Waals surface area contributed by atoms with Crippen LogP contribution in [0, 0.1) is 18.3 Å². The predicted molar refractivity (Wildman–Crippen MR) is 151 cm³/mol. The number of nitrogens with zero attached hydrogens (tertiary/aromatic N) is 2. The van der Waals surface area contributed by atoms with Gasteiger partial charge in [-0.05, 0) is 23.5 Å². The number of thiazole rings is 1. The molecular weight excluding hydrogens is 516 g/mol. The van der Waals surface area contributed by atoms with E-state index in [1.807, 2.05) is 65.8 Å². The number of likely N-dealkylation sites (tertiary alicyclic amines) is 1. The molecule has 0 saturated carbocycles. The monoisotopic (exact) mass is 556 g/mol. The van der Waals surface area contributed by atoms with Gasteiger partial charge < -0.3 is 20.6 Å². The van der Waals surface area contributed by atoms with Crippen LogP contribution in [0.3, 0.4) is 0 Å². The van der Waals surface area contributed by atoms with E-state index in [4.69, 9.17) is 0 Å². The first-order valence-electron chi connectivity index (χ1n) is 13.3. The number of rotatable bonds is 9. The van der Waals surface area contributed by atoms with Crippen molar-refractivity contribution in [2.24, 2.45) is 11.3 Å². The number of aromatic nitrogens is 1. The van der Waals surface area contributed by atoms with Gasteiger partial charge in [0.1, 0.15) is 17.9 Å².